The zero-order valence-electron chi connectivity index (χ0n) is 16.5. The van der Waals surface area contributed by atoms with Gasteiger partial charge in [-0.15, -0.1) is 0 Å². The molecule has 1 unspecified atom stereocenters. The predicted molar refractivity (Wildman–Crippen MR) is 109 cm³/mol. The zero-order chi connectivity index (χ0) is 20.6. The first-order valence-corrected chi connectivity index (χ1v) is 9.76. The highest BCUT2D eigenvalue weighted by Crippen LogP contribution is 2.26. The van der Waals surface area contributed by atoms with Crippen molar-refractivity contribution in [2.45, 2.75) is 38.7 Å². The van der Waals surface area contributed by atoms with Crippen LogP contribution in [0.15, 0.2) is 48.5 Å². The third kappa shape index (κ3) is 5.35. The second kappa shape index (κ2) is 9.74. The van der Waals surface area contributed by atoms with Gasteiger partial charge in [0.15, 0.2) is 12.7 Å². The fourth-order valence-corrected chi connectivity index (χ4v) is 3.42. The summed E-state index contributed by atoms with van der Waals surface area (Å²) in [6.07, 6.45) is 2.46. The first kappa shape index (κ1) is 20.4. The van der Waals surface area contributed by atoms with E-state index in [4.69, 9.17) is 14.7 Å². The molecule has 0 fully saturated rings. The highest BCUT2D eigenvalue weighted by atomic mass is 16.6. The number of nitrogens with zero attached hydrogens (tertiary/aromatic N) is 2. The first-order valence-electron chi connectivity index (χ1n) is 9.76. The Hall–Kier alpha value is -3.33. The van der Waals surface area contributed by atoms with Crippen molar-refractivity contribution >= 4 is 17.6 Å². The molecule has 6 nitrogen and oxygen atoms in total. The van der Waals surface area contributed by atoms with E-state index in [-0.39, 0.29) is 25.5 Å². The summed E-state index contributed by atoms with van der Waals surface area (Å²) < 4.78 is 10.8. The molecule has 0 radical (unpaired) electrons. The summed E-state index contributed by atoms with van der Waals surface area (Å²) in [5.74, 6) is -0.363. The number of ether oxygens (including phenoxy) is 2. The largest absolute Gasteiger partial charge is 0.482 e. The van der Waals surface area contributed by atoms with Crippen molar-refractivity contribution in [2.75, 3.05) is 18.1 Å². The van der Waals surface area contributed by atoms with Gasteiger partial charge in [0.2, 0.25) is 0 Å². The number of rotatable bonds is 8. The fraction of sp³-hybridized carbons (Fsp3) is 0.348. The van der Waals surface area contributed by atoms with E-state index in [0.717, 1.165) is 19.3 Å². The van der Waals surface area contributed by atoms with Crippen molar-refractivity contribution in [3.05, 3.63) is 59.7 Å². The second-order valence-corrected chi connectivity index (χ2v) is 6.94. The average molecular weight is 392 g/mol. The molecule has 2 aromatic rings. The summed E-state index contributed by atoms with van der Waals surface area (Å²) in [7, 11) is 0. The number of fused-ring (bicyclic) bond motifs is 1. The maximum Gasteiger partial charge on any atom is 0.344 e. The van der Waals surface area contributed by atoms with E-state index in [1.54, 1.807) is 12.1 Å². The molecule has 150 valence electrons. The minimum absolute atomic E-state index is 0.183. The van der Waals surface area contributed by atoms with Gasteiger partial charge in [-0.05, 0) is 61.6 Å². The molecule has 1 aliphatic carbocycles. The standard InChI is InChI=1S/C23H24N2O4/c1-17(23(27)25(14-6-13-24)20-9-3-2-4-10-20)29-22(26)16-28-21-12-11-18-7-5-8-19(18)15-21/h2-4,9-12,15,17H,5-8,14,16H2,1H3. The van der Waals surface area contributed by atoms with E-state index in [2.05, 4.69) is 0 Å². The number of carbonyl (C=O) groups excluding carboxylic acids is 2. The highest BCUT2D eigenvalue weighted by Gasteiger charge is 2.25. The number of amides is 1. The first-order chi connectivity index (χ1) is 14.1. The predicted octanol–water partition coefficient (Wildman–Crippen LogP) is 3.43. The lowest BCUT2D eigenvalue weighted by Gasteiger charge is -2.25. The zero-order valence-corrected chi connectivity index (χ0v) is 16.5. The number of esters is 1. The molecule has 0 heterocycles. The van der Waals surface area contributed by atoms with Crippen LogP contribution in [0, 0.1) is 11.3 Å². The third-order valence-corrected chi connectivity index (χ3v) is 4.86. The molecule has 1 aliphatic rings. The normalized spacial score (nSPS) is 13.1. The van der Waals surface area contributed by atoms with Crippen molar-refractivity contribution in [1.29, 1.82) is 5.26 Å². The van der Waals surface area contributed by atoms with Crippen molar-refractivity contribution in [1.82, 2.24) is 0 Å². The van der Waals surface area contributed by atoms with Crippen molar-refractivity contribution in [2.24, 2.45) is 0 Å². The Morgan fingerprint density at radius 3 is 2.66 bits per heavy atom. The summed E-state index contributed by atoms with van der Waals surface area (Å²) in [5, 5.41) is 8.87. The molecule has 6 heteroatoms. The van der Waals surface area contributed by atoms with Crippen LogP contribution < -0.4 is 9.64 Å². The number of nitriles is 1. The van der Waals surface area contributed by atoms with Gasteiger partial charge in [0, 0.05) is 12.2 Å². The van der Waals surface area contributed by atoms with Gasteiger partial charge < -0.3 is 14.4 Å². The number of hydrogen-bond donors (Lipinski definition) is 0. The molecule has 0 aliphatic heterocycles. The maximum absolute atomic E-state index is 12.8. The summed E-state index contributed by atoms with van der Waals surface area (Å²) >= 11 is 0. The lowest BCUT2D eigenvalue weighted by molar-refractivity contribution is -0.155. The van der Waals surface area contributed by atoms with Gasteiger partial charge in [0.05, 0.1) is 12.5 Å². The smallest absolute Gasteiger partial charge is 0.344 e. The van der Waals surface area contributed by atoms with Crippen LogP contribution >= 0.6 is 0 Å². The fourth-order valence-electron chi connectivity index (χ4n) is 3.42. The molecule has 29 heavy (non-hydrogen) atoms. The molecule has 0 saturated carbocycles. The highest BCUT2D eigenvalue weighted by molar-refractivity contribution is 5.97. The Balaban J connectivity index is 1.56. The van der Waals surface area contributed by atoms with Crippen molar-refractivity contribution in [3.8, 4) is 11.8 Å². The molecule has 0 spiro atoms. The van der Waals surface area contributed by atoms with E-state index in [1.165, 1.54) is 23.0 Å². The summed E-state index contributed by atoms with van der Waals surface area (Å²) in [6.45, 7) is 1.49. The van der Waals surface area contributed by atoms with Crippen LogP contribution in [0.4, 0.5) is 5.69 Å². The van der Waals surface area contributed by atoms with Gasteiger partial charge in [-0.3, -0.25) is 4.79 Å². The molecular weight excluding hydrogens is 368 g/mol. The molecule has 0 bridgehead atoms. The van der Waals surface area contributed by atoms with Crippen LogP contribution in [-0.2, 0) is 27.2 Å². The number of benzene rings is 2. The Labute approximate surface area is 170 Å². The Morgan fingerprint density at radius 1 is 1.14 bits per heavy atom. The van der Waals surface area contributed by atoms with E-state index >= 15 is 0 Å². The Kier molecular flexibility index (Phi) is 6.85. The minimum atomic E-state index is -0.981. The summed E-state index contributed by atoms with van der Waals surface area (Å²) in [4.78, 5) is 26.4. The van der Waals surface area contributed by atoms with E-state index in [1.807, 2.05) is 42.5 Å². The molecule has 2 aromatic carbocycles. The van der Waals surface area contributed by atoms with Crippen LogP contribution in [0.3, 0.4) is 0 Å². The summed E-state index contributed by atoms with van der Waals surface area (Å²) in [5.41, 5.74) is 3.25. The molecule has 1 amide bonds. The number of hydrogen-bond acceptors (Lipinski definition) is 5. The average Bonchev–Trinajstić information content (AvgIpc) is 3.21. The van der Waals surface area contributed by atoms with Gasteiger partial charge in [0.1, 0.15) is 5.75 Å². The lowest BCUT2D eigenvalue weighted by atomic mass is 10.1. The molecule has 0 N–H and O–H groups in total. The molecular formula is C23H24N2O4. The van der Waals surface area contributed by atoms with Crippen molar-refractivity contribution in [3.63, 3.8) is 0 Å². The number of aryl methyl sites for hydroxylation is 2. The van der Waals surface area contributed by atoms with Gasteiger partial charge in [-0.25, -0.2) is 4.79 Å². The van der Waals surface area contributed by atoms with E-state index < -0.39 is 12.1 Å². The van der Waals surface area contributed by atoms with Crippen LogP contribution in [0.25, 0.3) is 0 Å². The van der Waals surface area contributed by atoms with Gasteiger partial charge in [-0.1, -0.05) is 24.3 Å². The SMILES string of the molecule is CC(OC(=O)COc1ccc2c(c1)CCC2)C(=O)N(CCC#N)c1ccccc1. The van der Waals surface area contributed by atoms with Crippen LogP contribution in [-0.4, -0.2) is 31.1 Å². The topological polar surface area (TPSA) is 79.6 Å². The van der Waals surface area contributed by atoms with Crippen LogP contribution in [0.2, 0.25) is 0 Å². The quantitative estimate of drug-likeness (QED) is 0.643. The second-order valence-electron chi connectivity index (χ2n) is 6.94. The number of carbonyl (C=O) groups is 2. The Bertz CT molecular complexity index is 905. The lowest BCUT2D eigenvalue weighted by Crippen LogP contribution is -2.41. The number of anilines is 1. The Morgan fingerprint density at radius 2 is 1.90 bits per heavy atom. The van der Waals surface area contributed by atoms with Crippen LogP contribution in [0.5, 0.6) is 5.75 Å². The monoisotopic (exact) mass is 392 g/mol. The third-order valence-electron chi connectivity index (χ3n) is 4.86. The van der Waals surface area contributed by atoms with Crippen molar-refractivity contribution < 1.29 is 19.1 Å². The molecule has 3 rings (SSSR count). The van der Waals surface area contributed by atoms with Gasteiger partial charge in [-0.2, -0.15) is 5.26 Å². The van der Waals surface area contributed by atoms with Gasteiger partial charge in [0.25, 0.3) is 5.91 Å². The molecule has 1 atom stereocenters. The summed E-state index contributed by atoms with van der Waals surface area (Å²) in [6, 6.07) is 16.9. The minimum Gasteiger partial charge on any atom is -0.482 e. The van der Waals surface area contributed by atoms with E-state index in [0.29, 0.717) is 11.4 Å². The van der Waals surface area contributed by atoms with E-state index in [9.17, 15) is 9.59 Å². The molecule has 0 aromatic heterocycles. The molecule has 0 saturated heterocycles. The van der Waals surface area contributed by atoms with Gasteiger partial charge >= 0.3 is 5.97 Å². The van der Waals surface area contributed by atoms with Crippen LogP contribution in [0.1, 0.15) is 30.9 Å². The number of para-hydroxylation sites is 1. The maximum atomic E-state index is 12.8.